The van der Waals surface area contributed by atoms with E-state index in [9.17, 15) is 9.59 Å². The molecule has 0 aliphatic heterocycles. The smallest absolute Gasteiger partial charge is 0.309 e. The molecule has 0 spiro atoms. The first-order chi connectivity index (χ1) is 10.2. The van der Waals surface area contributed by atoms with Crippen LogP contribution in [0.2, 0.25) is 0 Å². The molecule has 2 N–H and O–H groups in total. The maximum atomic E-state index is 11.7. The lowest BCUT2D eigenvalue weighted by molar-refractivity contribution is -0.139. The van der Waals surface area contributed by atoms with Gasteiger partial charge in [-0.15, -0.1) is 11.3 Å². The molecule has 2 aromatic rings. The lowest BCUT2D eigenvalue weighted by atomic mass is 10.0. The zero-order valence-electron chi connectivity index (χ0n) is 11.8. The SMILES string of the molecule is C[C@@H](CNC(=O)C(=O)NCc1cccs1)c1ccccc1. The third-order valence-corrected chi connectivity index (χ3v) is 4.02. The monoisotopic (exact) mass is 302 g/mol. The van der Waals surface area contributed by atoms with Crippen molar-refractivity contribution in [1.82, 2.24) is 10.6 Å². The van der Waals surface area contributed by atoms with Crippen molar-refractivity contribution >= 4 is 23.2 Å². The molecule has 1 aromatic heterocycles. The van der Waals surface area contributed by atoms with Gasteiger partial charge in [0, 0.05) is 11.4 Å². The third-order valence-electron chi connectivity index (χ3n) is 3.15. The maximum absolute atomic E-state index is 11.7. The predicted molar refractivity (Wildman–Crippen MR) is 84.0 cm³/mol. The molecule has 21 heavy (non-hydrogen) atoms. The van der Waals surface area contributed by atoms with Gasteiger partial charge in [0.05, 0.1) is 6.54 Å². The van der Waals surface area contributed by atoms with Gasteiger partial charge in [-0.05, 0) is 22.9 Å². The van der Waals surface area contributed by atoms with Crippen molar-refractivity contribution in [2.24, 2.45) is 0 Å². The summed E-state index contributed by atoms with van der Waals surface area (Å²) in [5.74, 6) is -1.02. The number of amides is 2. The van der Waals surface area contributed by atoms with Crippen molar-refractivity contribution in [3.05, 3.63) is 58.3 Å². The van der Waals surface area contributed by atoms with E-state index in [1.807, 2.05) is 54.8 Å². The number of carbonyl (C=O) groups excluding carboxylic acids is 2. The van der Waals surface area contributed by atoms with Gasteiger partial charge < -0.3 is 10.6 Å². The molecule has 1 aromatic carbocycles. The summed E-state index contributed by atoms with van der Waals surface area (Å²) in [5, 5.41) is 7.20. The predicted octanol–water partition coefficient (Wildman–Crippen LogP) is 2.28. The Hall–Kier alpha value is -2.14. The Morgan fingerprint density at radius 2 is 1.76 bits per heavy atom. The Labute approximate surface area is 128 Å². The molecule has 110 valence electrons. The van der Waals surface area contributed by atoms with Gasteiger partial charge in [-0.25, -0.2) is 0 Å². The van der Waals surface area contributed by atoms with Gasteiger partial charge in [0.15, 0.2) is 0 Å². The summed E-state index contributed by atoms with van der Waals surface area (Å²) in [4.78, 5) is 24.4. The summed E-state index contributed by atoms with van der Waals surface area (Å²) >= 11 is 1.55. The van der Waals surface area contributed by atoms with Crippen LogP contribution >= 0.6 is 11.3 Å². The standard InChI is InChI=1S/C16H18N2O2S/c1-12(13-6-3-2-4-7-13)10-17-15(19)16(20)18-11-14-8-5-9-21-14/h2-9,12H,10-11H2,1H3,(H,17,19)(H,18,20)/t12-/m0/s1. The molecule has 0 aliphatic rings. The summed E-state index contributed by atoms with van der Waals surface area (Å²) in [5.41, 5.74) is 1.14. The van der Waals surface area contributed by atoms with Crippen LogP contribution in [-0.4, -0.2) is 18.4 Å². The Balaban J connectivity index is 1.75. The lowest BCUT2D eigenvalue weighted by Gasteiger charge is -2.12. The third kappa shape index (κ3) is 4.72. The molecule has 0 bridgehead atoms. The van der Waals surface area contributed by atoms with Crippen molar-refractivity contribution in [3.8, 4) is 0 Å². The zero-order valence-corrected chi connectivity index (χ0v) is 12.7. The van der Waals surface area contributed by atoms with Gasteiger partial charge >= 0.3 is 11.8 Å². The first-order valence-corrected chi connectivity index (χ1v) is 7.68. The fourth-order valence-corrected chi connectivity index (χ4v) is 2.53. The summed E-state index contributed by atoms with van der Waals surface area (Å²) < 4.78 is 0. The van der Waals surface area contributed by atoms with Crippen LogP contribution in [0.5, 0.6) is 0 Å². The summed E-state index contributed by atoms with van der Waals surface area (Å²) in [6.45, 7) is 2.84. The Morgan fingerprint density at radius 1 is 1.05 bits per heavy atom. The highest BCUT2D eigenvalue weighted by atomic mass is 32.1. The van der Waals surface area contributed by atoms with Crippen LogP contribution in [-0.2, 0) is 16.1 Å². The fraction of sp³-hybridized carbons (Fsp3) is 0.250. The molecule has 0 saturated carbocycles. The van der Waals surface area contributed by atoms with E-state index >= 15 is 0 Å². The lowest BCUT2D eigenvalue weighted by Crippen LogP contribution is -2.40. The van der Waals surface area contributed by atoms with Crippen LogP contribution < -0.4 is 10.6 Å². The van der Waals surface area contributed by atoms with E-state index in [2.05, 4.69) is 10.6 Å². The second-order valence-corrected chi connectivity index (χ2v) is 5.82. The van der Waals surface area contributed by atoms with Crippen LogP contribution in [0.3, 0.4) is 0 Å². The topological polar surface area (TPSA) is 58.2 Å². The van der Waals surface area contributed by atoms with Crippen LogP contribution in [0.1, 0.15) is 23.3 Å². The van der Waals surface area contributed by atoms with Crippen LogP contribution in [0, 0.1) is 0 Å². The minimum atomic E-state index is -0.594. The molecular formula is C16H18N2O2S. The Kier molecular flexibility index (Phi) is 5.51. The second kappa shape index (κ2) is 7.59. The number of nitrogens with one attached hydrogen (secondary N) is 2. The number of rotatable bonds is 5. The van der Waals surface area contributed by atoms with Gasteiger partial charge in [-0.1, -0.05) is 43.3 Å². The van der Waals surface area contributed by atoms with E-state index < -0.39 is 11.8 Å². The zero-order chi connectivity index (χ0) is 15.1. The second-order valence-electron chi connectivity index (χ2n) is 4.78. The fourth-order valence-electron chi connectivity index (χ4n) is 1.89. The maximum Gasteiger partial charge on any atom is 0.309 e. The quantitative estimate of drug-likeness (QED) is 0.833. The normalized spacial score (nSPS) is 11.7. The Bertz CT molecular complexity index is 582. The van der Waals surface area contributed by atoms with Crippen LogP contribution in [0.25, 0.3) is 0 Å². The van der Waals surface area contributed by atoms with Crippen molar-refractivity contribution in [2.75, 3.05) is 6.54 Å². The average Bonchev–Trinajstić information content (AvgIpc) is 3.04. The van der Waals surface area contributed by atoms with Crippen molar-refractivity contribution in [2.45, 2.75) is 19.4 Å². The highest BCUT2D eigenvalue weighted by molar-refractivity contribution is 7.09. The van der Waals surface area contributed by atoms with E-state index in [1.165, 1.54) is 0 Å². The summed E-state index contributed by atoms with van der Waals surface area (Å²) in [6, 6.07) is 13.7. The first kappa shape index (κ1) is 15.3. The highest BCUT2D eigenvalue weighted by Gasteiger charge is 2.14. The number of thiophene rings is 1. The molecule has 0 aliphatic carbocycles. The van der Waals surface area contributed by atoms with Gasteiger partial charge in [-0.3, -0.25) is 9.59 Å². The van der Waals surface area contributed by atoms with Gasteiger partial charge in [0.1, 0.15) is 0 Å². The number of benzene rings is 1. The summed E-state index contributed by atoms with van der Waals surface area (Å²) in [7, 11) is 0. The van der Waals surface area contributed by atoms with Crippen molar-refractivity contribution < 1.29 is 9.59 Å². The molecule has 0 radical (unpaired) electrons. The van der Waals surface area contributed by atoms with E-state index in [0.29, 0.717) is 13.1 Å². The molecule has 1 heterocycles. The average molecular weight is 302 g/mol. The van der Waals surface area contributed by atoms with E-state index in [0.717, 1.165) is 10.4 Å². The van der Waals surface area contributed by atoms with E-state index in [1.54, 1.807) is 11.3 Å². The molecule has 0 fully saturated rings. The van der Waals surface area contributed by atoms with Gasteiger partial charge in [-0.2, -0.15) is 0 Å². The minimum Gasteiger partial charge on any atom is -0.347 e. The van der Waals surface area contributed by atoms with E-state index in [-0.39, 0.29) is 5.92 Å². The number of carbonyl (C=O) groups is 2. The first-order valence-electron chi connectivity index (χ1n) is 6.80. The molecule has 0 unspecified atom stereocenters. The Morgan fingerprint density at radius 3 is 2.43 bits per heavy atom. The summed E-state index contributed by atoms with van der Waals surface area (Å²) in [6.07, 6.45) is 0. The van der Waals surface area contributed by atoms with Gasteiger partial charge in [0.25, 0.3) is 0 Å². The minimum absolute atomic E-state index is 0.167. The highest BCUT2D eigenvalue weighted by Crippen LogP contribution is 2.12. The molecule has 0 saturated heterocycles. The molecule has 1 atom stereocenters. The van der Waals surface area contributed by atoms with Crippen LogP contribution in [0.4, 0.5) is 0 Å². The number of hydrogen-bond donors (Lipinski definition) is 2. The van der Waals surface area contributed by atoms with E-state index in [4.69, 9.17) is 0 Å². The molecule has 4 nitrogen and oxygen atoms in total. The molecule has 2 amide bonds. The van der Waals surface area contributed by atoms with Crippen molar-refractivity contribution in [3.63, 3.8) is 0 Å². The largest absolute Gasteiger partial charge is 0.347 e. The van der Waals surface area contributed by atoms with Crippen molar-refractivity contribution in [1.29, 1.82) is 0 Å². The van der Waals surface area contributed by atoms with Gasteiger partial charge in [0.2, 0.25) is 0 Å². The molecule has 2 rings (SSSR count). The number of hydrogen-bond acceptors (Lipinski definition) is 3. The molecule has 5 heteroatoms. The molecular weight excluding hydrogens is 284 g/mol. The van der Waals surface area contributed by atoms with Crippen LogP contribution in [0.15, 0.2) is 47.8 Å².